The number of esters is 1. The summed E-state index contributed by atoms with van der Waals surface area (Å²) in [5, 5.41) is 0. The quantitative estimate of drug-likeness (QED) is 0.307. The molecule has 1 saturated heterocycles. The molecule has 0 unspecified atom stereocenters. The molecule has 3 heterocycles. The summed E-state index contributed by atoms with van der Waals surface area (Å²) >= 11 is 0. The van der Waals surface area contributed by atoms with E-state index in [4.69, 9.17) is 9.47 Å². The van der Waals surface area contributed by atoms with Crippen LogP contribution in [-0.2, 0) is 40.3 Å². The lowest BCUT2D eigenvalue weighted by Gasteiger charge is -2.29. The Morgan fingerprint density at radius 2 is 1.74 bits per heavy atom. The maximum atomic E-state index is 14.4. The molecule has 53 heavy (non-hydrogen) atoms. The number of hydrogen-bond donors (Lipinski definition) is 1. The highest BCUT2D eigenvalue weighted by Crippen LogP contribution is 2.57. The molecule has 1 N–H and O–H groups in total. The Balaban J connectivity index is 1.51. The van der Waals surface area contributed by atoms with Crippen molar-refractivity contribution < 1.29 is 50.2 Å². The van der Waals surface area contributed by atoms with Gasteiger partial charge >= 0.3 is 22.4 Å². The van der Waals surface area contributed by atoms with E-state index >= 15 is 0 Å². The van der Waals surface area contributed by atoms with E-state index in [1.54, 1.807) is 32.9 Å². The number of carbonyl (C=O) groups excluding carboxylic acids is 4. The molecule has 0 radical (unpaired) electrons. The maximum Gasteiger partial charge on any atom is 0.438 e. The fraction of sp³-hybridized carbons (Fsp3) is 0.611. The lowest BCUT2D eigenvalue weighted by atomic mass is 9.90. The first-order chi connectivity index (χ1) is 24.7. The van der Waals surface area contributed by atoms with Gasteiger partial charge in [-0.25, -0.2) is 14.7 Å². The molecule has 1 aromatic heterocycles. The molecule has 2 fully saturated rings. The maximum absolute atomic E-state index is 14.4. The minimum atomic E-state index is -4.94. The number of Topliss-reactive ketones (excluding diaryl/α,β-unsaturated/α-hetero) is 1. The number of fused-ring (bicyclic) bond motifs is 3. The van der Waals surface area contributed by atoms with Gasteiger partial charge in [-0.05, 0) is 64.5 Å². The van der Waals surface area contributed by atoms with Gasteiger partial charge in [-0.15, -0.1) is 0 Å². The van der Waals surface area contributed by atoms with Gasteiger partial charge in [0.2, 0.25) is 23.4 Å². The highest BCUT2D eigenvalue weighted by molar-refractivity contribution is 7.87. The molecule has 2 aliphatic heterocycles. The fourth-order valence-electron chi connectivity index (χ4n) is 6.93. The molecular weight excluding hydrogens is 719 g/mol. The number of benzene rings is 1. The summed E-state index contributed by atoms with van der Waals surface area (Å²) in [6.45, 7) is 4.77. The van der Waals surface area contributed by atoms with Crippen LogP contribution >= 0.6 is 0 Å². The zero-order valence-electron chi connectivity index (χ0n) is 30.4. The van der Waals surface area contributed by atoms with E-state index in [0.29, 0.717) is 19.3 Å². The van der Waals surface area contributed by atoms with E-state index in [2.05, 4.69) is 14.7 Å². The number of carbonyl (C=O) groups is 4. The lowest BCUT2D eigenvalue weighted by Crippen LogP contribution is -2.47. The third-order valence-corrected chi connectivity index (χ3v) is 11.2. The number of halogens is 3. The average molecular weight is 766 g/mol. The zero-order valence-corrected chi connectivity index (χ0v) is 31.3. The topological polar surface area (TPSA) is 165 Å². The first-order valence-corrected chi connectivity index (χ1v) is 19.1. The smallest absolute Gasteiger partial charge is 0.438 e. The number of ketones is 1. The Labute approximate surface area is 306 Å². The molecule has 5 rings (SSSR count). The zero-order chi connectivity index (χ0) is 38.9. The summed E-state index contributed by atoms with van der Waals surface area (Å²) in [4.78, 5) is 64.4. The van der Waals surface area contributed by atoms with E-state index in [1.807, 2.05) is 6.08 Å². The Kier molecular flexibility index (Phi) is 11.6. The van der Waals surface area contributed by atoms with Gasteiger partial charge in [0, 0.05) is 32.9 Å². The lowest BCUT2D eigenvalue weighted by molar-refractivity contribution is -0.159. The first-order valence-electron chi connectivity index (χ1n) is 17.7. The summed E-state index contributed by atoms with van der Waals surface area (Å²) in [5.74, 6) is -4.85. The largest absolute Gasteiger partial charge is 0.471 e. The number of nitrogens with one attached hydrogen (secondary N) is 1. The van der Waals surface area contributed by atoms with E-state index in [1.165, 1.54) is 37.2 Å². The van der Waals surface area contributed by atoms with Crippen molar-refractivity contribution in [3.05, 3.63) is 42.1 Å². The number of nitrogens with zero attached hydrogens (tertiary/aromatic N) is 4. The molecule has 290 valence electrons. The molecule has 0 bridgehead atoms. The molecular formula is C36H46F3N5O8S. The minimum absolute atomic E-state index is 0.00510. The van der Waals surface area contributed by atoms with Crippen molar-refractivity contribution in [1.82, 2.24) is 23.9 Å². The average Bonchev–Trinajstić information content (AvgIpc) is 3.58. The summed E-state index contributed by atoms with van der Waals surface area (Å²) < 4.78 is 82.2. The van der Waals surface area contributed by atoms with E-state index in [-0.39, 0.29) is 43.3 Å². The highest BCUT2D eigenvalue weighted by atomic mass is 32.2. The van der Waals surface area contributed by atoms with Crippen molar-refractivity contribution in [2.45, 2.75) is 102 Å². The minimum Gasteiger partial charge on any atom is -0.471 e. The van der Waals surface area contributed by atoms with Crippen LogP contribution < -0.4 is 9.46 Å². The van der Waals surface area contributed by atoms with Gasteiger partial charge in [0.1, 0.15) is 11.7 Å². The third-order valence-electron chi connectivity index (χ3n) is 9.76. The van der Waals surface area contributed by atoms with Crippen LogP contribution in [0.3, 0.4) is 0 Å². The number of rotatable bonds is 7. The molecule has 5 atom stereocenters. The molecule has 17 heteroatoms. The van der Waals surface area contributed by atoms with E-state index < -0.39 is 92.9 Å². The van der Waals surface area contributed by atoms with Gasteiger partial charge in [-0.1, -0.05) is 37.1 Å². The summed E-state index contributed by atoms with van der Waals surface area (Å²) in [5.41, 5.74) is -3.50. The molecule has 1 aliphatic carbocycles. The van der Waals surface area contributed by atoms with Crippen LogP contribution in [0.25, 0.3) is 11.0 Å². The number of para-hydroxylation sites is 2. The number of allylic oxidation sites excluding steroid dienone is 2. The normalized spacial score (nSPS) is 26.6. The molecule has 0 spiro atoms. The second-order valence-corrected chi connectivity index (χ2v) is 17.1. The van der Waals surface area contributed by atoms with Crippen molar-refractivity contribution in [1.29, 1.82) is 0 Å². The molecule has 1 aromatic carbocycles. The van der Waals surface area contributed by atoms with Crippen molar-refractivity contribution >= 4 is 44.8 Å². The fourth-order valence-corrected chi connectivity index (χ4v) is 7.55. The predicted octanol–water partition coefficient (Wildman–Crippen LogP) is 4.75. The van der Waals surface area contributed by atoms with Crippen molar-refractivity contribution in [2.24, 2.45) is 17.3 Å². The molecule has 3 aliphatic rings. The highest BCUT2D eigenvalue weighted by Gasteiger charge is 2.61. The van der Waals surface area contributed by atoms with E-state index in [0.717, 1.165) is 10.7 Å². The molecule has 2 aromatic rings. The summed E-state index contributed by atoms with van der Waals surface area (Å²) in [6.07, 6.45) is -0.263. The van der Waals surface area contributed by atoms with Crippen molar-refractivity contribution in [2.75, 3.05) is 20.6 Å². The van der Waals surface area contributed by atoms with Gasteiger partial charge in [0.05, 0.1) is 35.5 Å². The summed E-state index contributed by atoms with van der Waals surface area (Å²) in [6, 6.07) is 4.70. The Morgan fingerprint density at radius 1 is 1.06 bits per heavy atom. The van der Waals surface area contributed by atoms with Gasteiger partial charge < -0.3 is 14.4 Å². The Morgan fingerprint density at radius 3 is 2.38 bits per heavy atom. The van der Waals surface area contributed by atoms with Gasteiger partial charge in [0.15, 0.2) is 5.78 Å². The van der Waals surface area contributed by atoms with Crippen LogP contribution in [0.5, 0.6) is 5.88 Å². The Hall–Kier alpha value is -4.12. The monoisotopic (exact) mass is 765 g/mol. The van der Waals surface area contributed by atoms with Crippen LogP contribution in [0, 0.1) is 17.3 Å². The van der Waals surface area contributed by atoms with Crippen LogP contribution in [0.4, 0.5) is 13.2 Å². The second-order valence-electron chi connectivity index (χ2n) is 15.2. The molecule has 13 nitrogen and oxygen atoms in total. The number of alkyl halides is 3. The van der Waals surface area contributed by atoms with Gasteiger partial charge in [-0.3, -0.25) is 19.2 Å². The summed E-state index contributed by atoms with van der Waals surface area (Å²) in [7, 11) is -1.71. The van der Waals surface area contributed by atoms with Crippen LogP contribution in [0.1, 0.15) is 84.3 Å². The van der Waals surface area contributed by atoms with Gasteiger partial charge in [-0.2, -0.15) is 25.9 Å². The predicted molar refractivity (Wildman–Crippen MR) is 186 cm³/mol. The molecule has 1 saturated carbocycles. The second kappa shape index (κ2) is 15.3. The number of aromatic nitrogens is 2. The first kappa shape index (κ1) is 40.1. The van der Waals surface area contributed by atoms with Crippen molar-refractivity contribution in [3.8, 4) is 5.88 Å². The van der Waals surface area contributed by atoms with E-state index in [9.17, 15) is 40.8 Å². The number of ether oxygens (including phenoxy) is 2. The third kappa shape index (κ3) is 9.52. The SMILES string of the molecule is CN(C)S(=O)(=O)NC(=O)[C@]12CC(=O)[C@@H]3C[C@@H](Oc4nc5ccccc5nc4C(F)(F)F)CN3C(=O)[C@@H](CC(=O)OC(C)(C)C)CCCCC/C=C\[C@@H]1C2. The number of hydrogen-bond acceptors (Lipinski definition) is 10. The van der Waals surface area contributed by atoms with Crippen molar-refractivity contribution in [3.63, 3.8) is 0 Å². The molecule has 2 amide bonds. The van der Waals surface area contributed by atoms with Crippen LogP contribution in [0.15, 0.2) is 36.4 Å². The van der Waals surface area contributed by atoms with Crippen LogP contribution in [0.2, 0.25) is 0 Å². The number of amides is 2. The van der Waals surface area contributed by atoms with Gasteiger partial charge in [0.25, 0.3) is 0 Å². The standard InChI is InChI=1S/C36H46F3N5O8S/c1-34(2,3)52-29(46)17-22-13-9-7-6-8-10-14-23-19-35(23,33(48)42-53(49,50)43(4)5)20-28(45)27-18-24(21-44(27)32(22)47)51-31-30(36(37,38)39)40-25-15-11-12-16-26(25)41-31/h10-12,14-16,22-24,27H,6-9,13,17-21H2,1-5H3,(H,42,48)/b14-10-/t22-,23-,24-,27+,35-/m1/s1. The van der Waals surface area contributed by atoms with Crippen LogP contribution in [-0.4, -0.2) is 89.5 Å². The Bertz CT molecular complexity index is 1880.